The summed E-state index contributed by atoms with van der Waals surface area (Å²) in [5.74, 6) is 0.602. The lowest BCUT2D eigenvalue weighted by molar-refractivity contribution is 0.474. The van der Waals surface area contributed by atoms with E-state index in [1.165, 1.54) is 11.1 Å². The number of hydrogen-bond acceptors (Lipinski definition) is 5. The third-order valence-electron chi connectivity index (χ3n) is 3.49. The van der Waals surface area contributed by atoms with Crippen molar-refractivity contribution in [2.24, 2.45) is 0 Å². The van der Waals surface area contributed by atoms with E-state index >= 15 is 0 Å². The van der Waals surface area contributed by atoms with Crippen LogP contribution in [0.1, 0.15) is 11.1 Å². The van der Waals surface area contributed by atoms with Crippen LogP contribution in [0.4, 0.5) is 0 Å². The van der Waals surface area contributed by atoms with E-state index in [-0.39, 0.29) is 0 Å². The monoisotopic (exact) mass is 315 g/mol. The molecule has 0 unspecified atom stereocenters. The molecular weight excluding hydrogens is 290 g/mol. The summed E-state index contributed by atoms with van der Waals surface area (Å²) in [7, 11) is 0. The van der Waals surface area contributed by atoms with Gasteiger partial charge in [0.25, 0.3) is 0 Å². The van der Waals surface area contributed by atoms with Gasteiger partial charge in [-0.15, -0.1) is 0 Å². The van der Waals surface area contributed by atoms with E-state index in [1.807, 2.05) is 24.3 Å². The first-order chi connectivity index (χ1) is 11.2. The van der Waals surface area contributed by atoms with Crippen LogP contribution in [-0.4, -0.2) is 36.4 Å². The number of phenols is 2. The molecule has 2 aromatic rings. The molecule has 0 saturated carbocycles. The van der Waals surface area contributed by atoms with Crippen molar-refractivity contribution in [2.45, 2.75) is 13.1 Å². The molecule has 124 valence electrons. The van der Waals surface area contributed by atoms with Crippen molar-refractivity contribution in [3.8, 4) is 11.5 Å². The van der Waals surface area contributed by atoms with Gasteiger partial charge < -0.3 is 26.2 Å². The molecule has 23 heavy (non-hydrogen) atoms. The molecule has 2 rings (SSSR count). The molecule has 0 aliphatic heterocycles. The topological polar surface area (TPSA) is 76.5 Å². The largest absolute Gasteiger partial charge is 0.508 e. The Morgan fingerprint density at radius 1 is 0.522 bits per heavy atom. The van der Waals surface area contributed by atoms with E-state index in [0.29, 0.717) is 11.5 Å². The van der Waals surface area contributed by atoms with Crippen LogP contribution in [0.3, 0.4) is 0 Å². The Morgan fingerprint density at radius 3 is 1.26 bits per heavy atom. The molecule has 0 atom stereocenters. The minimum atomic E-state index is 0.301. The van der Waals surface area contributed by atoms with Crippen LogP contribution in [-0.2, 0) is 13.1 Å². The second kappa shape index (κ2) is 9.84. The molecule has 0 heterocycles. The lowest BCUT2D eigenvalue weighted by atomic mass is 10.2. The van der Waals surface area contributed by atoms with Crippen molar-refractivity contribution in [3.63, 3.8) is 0 Å². The molecule has 0 radical (unpaired) electrons. The van der Waals surface area contributed by atoms with E-state index in [0.717, 1.165) is 39.3 Å². The molecule has 0 fully saturated rings. The Hall–Kier alpha value is -2.08. The van der Waals surface area contributed by atoms with E-state index < -0.39 is 0 Å². The van der Waals surface area contributed by atoms with Crippen molar-refractivity contribution < 1.29 is 10.2 Å². The Bertz CT molecular complexity index is 504. The zero-order chi connectivity index (χ0) is 16.3. The van der Waals surface area contributed by atoms with Gasteiger partial charge in [0.05, 0.1) is 0 Å². The predicted octanol–water partition coefficient (Wildman–Crippen LogP) is 1.57. The van der Waals surface area contributed by atoms with Gasteiger partial charge in [0.1, 0.15) is 11.5 Å². The molecule has 0 amide bonds. The highest BCUT2D eigenvalue weighted by molar-refractivity contribution is 5.26. The van der Waals surface area contributed by atoms with Crippen molar-refractivity contribution in [1.29, 1.82) is 0 Å². The molecule has 2 aromatic carbocycles. The minimum Gasteiger partial charge on any atom is -0.508 e. The molecular formula is C18H25N3O2. The van der Waals surface area contributed by atoms with Crippen molar-refractivity contribution >= 4 is 0 Å². The number of phenolic OH excluding ortho intramolecular Hbond substituents is 2. The highest BCUT2D eigenvalue weighted by atomic mass is 16.3. The highest BCUT2D eigenvalue weighted by Gasteiger charge is 1.94. The Morgan fingerprint density at radius 2 is 0.870 bits per heavy atom. The first-order valence-electron chi connectivity index (χ1n) is 7.92. The Balaban J connectivity index is 1.43. The summed E-state index contributed by atoms with van der Waals surface area (Å²) in [6.45, 7) is 5.25. The average Bonchev–Trinajstić information content (AvgIpc) is 2.56. The summed E-state index contributed by atoms with van der Waals surface area (Å²) < 4.78 is 0. The number of rotatable bonds is 10. The SMILES string of the molecule is Oc1ccc(CNCCNCCNCc2ccc(O)cc2)cc1. The molecule has 0 aliphatic rings. The van der Waals surface area contributed by atoms with Crippen LogP contribution >= 0.6 is 0 Å². The Kier molecular flexibility index (Phi) is 7.39. The summed E-state index contributed by atoms with van der Waals surface area (Å²) in [6.07, 6.45) is 0. The molecule has 0 saturated heterocycles. The van der Waals surface area contributed by atoms with E-state index in [2.05, 4.69) is 16.0 Å². The van der Waals surface area contributed by atoms with Gasteiger partial charge in [0, 0.05) is 39.3 Å². The van der Waals surface area contributed by atoms with Crippen LogP contribution in [0.5, 0.6) is 11.5 Å². The van der Waals surface area contributed by atoms with Crippen LogP contribution in [0.15, 0.2) is 48.5 Å². The van der Waals surface area contributed by atoms with Gasteiger partial charge in [-0.1, -0.05) is 24.3 Å². The zero-order valence-corrected chi connectivity index (χ0v) is 13.3. The lowest BCUT2D eigenvalue weighted by Gasteiger charge is -2.08. The fourth-order valence-corrected chi connectivity index (χ4v) is 2.17. The van der Waals surface area contributed by atoms with Crippen LogP contribution < -0.4 is 16.0 Å². The van der Waals surface area contributed by atoms with Gasteiger partial charge >= 0.3 is 0 Å². The van der Waals surface area contributed by atoms with Crippen molar-refractivity contribution in [1.82, 2.24) is 16.0 Å². The molecule has 0 bridgehead atoms. The predicted molar refractivity (Wildman–Crippen MR) is 92.5 cm³/mol. The molecule has 0 aliphatic carbocycles. The summed E-state index contributed by atoms with van der Waals surface area (Å²) in [5, 5.41) is 28.5. The first kappa shape index (κ1) is 17.3. The lowest BCUT2D eigenvalue weighted by Crippen LogP contribution is -2.32. The van der Waals surface area contributed by atoms with Crippen LogP contribution in [0, 0.1) is 0 Å². The molecule has 5 N–H and O–H groups in total. The number of aromatic hydroxyl groups is 2. The quantitative estimate of drug-likeness (QED) is 0.430. The van der Waals surface area contributed by atoms with Gasteiger partial charge in [-0.25, -0.2) is 0 Å². The normalized spacial score (nSPS) is 10.8. The van der Waals surface area contributed by atoms with E-state index in [4.69, 9.17) is 0 Å². The highest BCUT2D eigenvalue weighted by Crippen LogP contribution is 2.09. The molecule has 0 spiro atoms. The second-order valence-corrected chi connectivity index (χ2v) is 5.44. The maximum absolute atomic E-state index is 9.21. The third kappa shape index (κ3) is 7.15. The minimum absolute atomic E-state index is 0.301. The second-order valence-electron chi connectivity index (χ2n) is 5.44. The van der Waals surface area contributed by atoms with Gasteiger partial charge in [-0.3, -0.25) is 0 Å². The van der Waals surface area contributed by atoms with Crippen LogP contribution in [0.25, 0.3) is 0 Å². The van der Waals surface area contributed by atoms with Gasteiger partial charge in [0.15, 0.2) is 0 Å². The fourth-order valence-electron chi connectivity index (χ4n) is 2.17. The molecule has 5 nitrogen and oxygen atoms in total. The maximum atomic E-state index is 9.21. The first-order valence-corrected chi connectivity index (χ1v) is 7.92. The average molecular weight is 315 g/mol. The van der Waals surface area contributed by atoms with Gasteiger partial charge in [-0.05, 0) is 35.4 Å². The standard InChI is InChI=1S/C18H25N3O2/c22-17-5-1-15(2-6-17)13-20-11-9-19-10-12-21-14-16-3-7-18(23)8-4-16/h1-8,19-23H,9-14H2. The summed E-state index contributed by atoms with van der Waals surface area (Å²) >= 11 is 0. The number of benzene rings is 2. The van der Waals surface area contributed by atoms with E-state index in [1.54, 1.807) is 24.3 Å². The van der Waals surface area contributed by atoms with Gasteiger partial charge in [-0.2, -0.15) is 0 Å². The van der Waals surface area contributed by atoms with E-state index in [9.17, 15) is 10.2 Å². The number of hydrogen-bond donors (Lipinski definition) is 5. The molecule has 5 heteroatoms. The molecule has 0 aromatic heterocycles. The zero-order valence-electron chi connectivity index (χ0n) is 13.3. The van der Waals surface area contributed by atoms with Crippen molar-refractivity contribution in [2.75, 3.05) is 26.2 Å². The maximum Gasteiger partial charge on any atom is 0.115 e. The van der Waals surface area contributed by atoms with Gasteiger partial charge in [0.2, 0.25) is 0 Å². The third-order valence-corrected chi connectivity index (χ3v) is 3.49. The summed E-state index contributed by atoms with van der Waals surface area (Å²) in [6, 6.07) is 14.5. The van der Waals surface area contributed by atoms with Crippen molar-refractivity contribution in [3.05, 3.63) is 59.7 Å². The summed E-state index contributed by atoms with van der Waals surface area (Å²) in [5.41, 5.74) is 2.33. The Labute approximate surface area is 137 Å². The van der Waals surface area contributed by atoms with Crippen LogP contribution in [0.2, 0.25) is 0 Å². The fraction of sp³-hybridized carbons (Fsp3) is 0.333. The summed E-state index contributed by atoms with van der Waals surface area (Å²) in [4.78, 5) is 0. The smallest absolute Gasteiger partial charge is 0.115 e. The number of nitrogens with one attached hydrogen (secondary N) is 3.